The van der Waals surface area contributed by atoms with Gasteiger partial charge in [-0.3, -0.25) is 10.1 Å². The largest absolute Gasteiger partial charge is 0.479 e. The van der Waals surface area contributed by atoms with E-state index in [0.717, 1.165) is 18.2 Å². The number of nitro benzene ring substituents is 1. The molecule has 0 radical (unpaired) electrons. The van der Waals surface area contributed by atoms with Crippen LogP contribution in [0.15, 0.2) is 18.2 Å². The fraction of sp³-hybridized carbons (Fsp3) is 0.125. The predicted molar refractivity (Wildman–Crippen MR) is 50.7 cm³/mol. The Kier molecular flexibility index (Phi) is 3.23. The highest BCUT2D eigenvalue weighted by molar-refractivity contribution is 6.32. The summed E-state index contributed by atoms with van der Waals surface area (Å²) in [6.45, 7) is 0. The molecule has 0 fully saturated rings. The van der Waals surface area contributed by atoms with Gasteiger partial charge in [0.1, 0.15) is 5.02 Å². The molecular weight excluding hydrogens is 226 g/mol. The minimum absolute atomic E-state index is 0.00176. The number of nitro groups is 1. The normalized spacial score (nSPS) is 12.1. The number of halogens is 1. The fourth-order valence-electron chi connectivity index (χ4n) is 0.984. The first-order chi connectivity index (χ1) is 6.93. The lowest BCUT2D eigenvalue weighted by Gasteiger charge is -2.05. The van der Waals surface area contributed by atoms with Gasteiger partial charge < -0.3 is 10.2 Å². The van der Waals surface area contributed by atoms with Crippen molar-refractivity contribution < 1.29 is 19.9 Å². The molecule has 0 aliphatic carbocycles. The number of hydrogen-bond donors (Lipinski definition) is 2. The van der Waals surface area contributed by atoms with Gasteiger partial charge in [0.15, 0.2) is 6.10 Å². The summed E-state index contributed by atoms with van der Waals surface area (Å²) < 4.78 is 0. The first-order valence-corrected chi connectivity index (χ1v) is 4.16. The molecule has 15 heavy (non-hydrogen) atoms. The van der Waals surface area contributed by atoms with Gasteiger partial charge >= 0.3 is 5.97 Å². The molecular formula is C8H6ClNO5. The number of aliphatic hydroxyl groups is 1. The van der Waals surface area contributed by atoms with Gasteiger partial charge in [-0.2, -0.15) is 0 Å². The first kappa shape index (κ1) is 11.4. The molecule has 0 amide bonds. The molecule has 1 aromatic rings. The van der Waals surface area contributed by atoms with Crippen LogP contribution in [0.2, 0.25) is 5.02 Å². The topological polar surface area (TPSA) is 101 Å². The fourth-order valence-corrected chi connectivity index (χ4v) is 1.24. The van der Waals surface area contributed by atoms with Crippen LogP contribution in [-0.2, 0) is 4.79 Å². The number of aliphatic carboxylic acids is 1. The lowest BCUT2D eigenvalue weighted by molar-refractivity contribution is -0.384. The molecule has 1 unspecified atom stereocenters. The Morgan fingerprint density at radius 1 is 1.53 bits per heavy atom. The Bertz CT molecular complexity index is 419. The molecule has 0 aliphatic heterocycles. The number of nitrogens with zero attached hydrogens (tertiary/aromatic N) is 1. The maximum Gasteiger partial charge on any atom is 0.337 e. The first-order valence-electron chi connectivity index (χ1n) is 3.78. The maximum atomic E-state index is 10.4. The van der Waals surface area contributed by atoms with Gasteiger partial charge in [0, 0.05) is 6.07 Å². The van der Waals surface area contributed by atoms with Crippen molar-refractivity contribution in [3.05, 3.63) is 38.9 Å². The van der Waals surface area contributed by atoms with Gasteiger partial charge in [-0.1, -0.05) is 11.6 Å². The zero-order valence-corrected chi connectivity index (χ0v) is 8.01. The van der Waals surface area contributed by atoms with E-state index in [2.05, 4.69) is 0 Å². The quantitative estimate of drug-likeness (QED) is 0.604. The lowest BCUT2D eigenvalue weighted by Crippen LogP contribution is -2.10. The van der Waals surface area contributed by atoms with Crippen LogP contribution in [0.4, 0.5) is 5.69 Å². The van der Waals surface area contributed by atoms with Crippen molar-refractivity contribution >= 4 is 23.3 Å². The summed E-state index contributed by atoms with van der Waals surface area (Å²) in [6, 6.07) is 3.24. The number of benzene rings is 1. The number of aliphatic hydroxyl groups excluding tert-OH is 1. The van der Waals surface area contributed by atoms with Gasteiger partial charge in [-0.25, -0.2) is 4.79 Å². The number of rotatable bonds is 3. The number of hydrogen-bond acceptors (Lipinski definition) is 4. The number of carbonyl (C=O) groups is 1. The second-order valence-corrected chi connectivity index (χ2v) is 3.12. The molecule has 0 heterocycles. The van der Waals surface area contributed by atoms with E-state index in [0.29, 0.717) is 0 Å². The number of carboxylic acid groups (broad SMARTS) is 1. The highest BCUT2D eigenvalue weighted by atomic mass is 35.5. The van der Waals surface area contributed by atoms with Crippen LogP contribution in [-0.4, -0.2) is 21.1 Å². The number of carboxylic acids is 1. The second kappa shape index (κ2) is 4.24. The van der Waals surface area contributed by atoms with E-state index >= 15 is 0 Å². The molecule has 1 aromatic carbocycles. The third kappa shape index (κ3) is 2.42. The van der Waals surface area contributed by atoms with Crippen LogP contribution in [0, 0.1) is 10.1 Å². The van der Waals surface area contributed by atoms with Crippen LogP contribution in [0.1, 0.15) is 11.7 Å². The Morgan fingerprint density at radius 2 is 2.13 bits per heavy atom. The molecule has 1 rings (SSSR count). The third-order valence-corrected chi connectivity index (χ3v) is 2.02. The molecule has 0 aliphatic rings. The zero-order chi connectivity index (χ0) is 11.6. The van der Waals surface area contributed by atoms with E-state index in [4.69, 9.17) is 21.8 Å². The van der Waals surface area contributed by atoms with E-state index in [9.17, 15) is 14.9 Å². The maximum absolute atomic E-state index is 10.4. The van der Waals surface area contributed by atoms with E-state index < -0.39 is 17.0 Å². The predicted octanol–water partition coefficient (Wildman–Crippen LogP) is 1.37. The van der Waals surface area contributed by atoms with E-state index in [1.54, 1.807) is 0 Å². The van der Waals surface area contributed by atoms with Crippen LogP contribution in [0.25, 0.3) is 0 Å². The summed E-state index contributed by atoms with van der Waals surface area (Å²) in [6.07, 6.45) is -1.73. The van der Waals surface area contributed by atoms with Crippen LogP contribution in [0.5, 0.6) is 0 Å². The zero-order valence-electron chi connectivity index (χ0n) is 7.25. The van der Waals surface area contributed by atoms with Crippen molar-refractivity contribution in [1.82, 2.24) is 0 Å². The summed E-state index contributed by atoms with van der Waals surface area (Å²) in [5, 5.41) is 27.8. The summed E-state index contributed by atoms with van der Waals surface area (Å²) in [5.41, 5.74) is -0.337. The monoisotopic (exact) mass is 231 g/mol. The molecule has 1 atom stereocenters. The molecule has 2 N–H and O–H groups in total. The van der Waals surface area contributed by atoms with Gasteiger partial charge in [0.25, 0.3) is 5.69 Å². The summed E-state index contributed by atoms with van der Waals surface area (Å²) >= 11 is 5.53. The molecule has 0 spiro atoms. The van der Waals surface area contributed by atoms with Gasteiger partial charge in [0.2, 0.25) is 0 Å². The van der Waals surface area contributed by atoms with Gasteiger partial charge in [0.05, 0.1) is 4.92 Å². The third-order valence-electron chi connectivity index (χ3n) is 1.72. The average Bonchev–Trinajstić information content (AvgIpc) is 2.15. The van der Waals surface area contributed by atoms with Crippen LogP contribution in [0.3, 0.4) is 0 Å². The highest BCUT2D eigenvalue weighted by Gasteiger charge is 2.19. The van der Waals surface area contributed by atoms with Gasteiger partial charge in [-0.05, 0) is 17.7 Å². The Hall–Kier alpha value is -1.66. The Balaban J connectivity index is 3.12. The Labute approximate surface area is 88.9 Å². The van der Waals surface area contributed by atoms with Gasteiger partial charge in [-0.15, -0.1) is 0 Å². The van der Waals surface area contributed by atoms with Crippen LogP contribution >= 0.6 is 11.6 Å². The summed E-state index contributed by atoms with van der Waals surface area (Å²) in [7, 11) is 0. The van der Waals surface area contributed by atoms with Crippen LogP contribution < -0.4 is 0 Å². The van der Waals surface area contributed by atoms with E-state index in [1.165, 1.54) is 0 Å². The molecule has 0 saturated heterocycles. The molecule has 0 saturated carbocycles. The molecule has 7 heteroatoms. The van der Waals surface area contributed by atoms with E-state index in [1.807, 2.05) is 0 Å². The lowest BCUT2D eigenvalue weighted by atomic mass is 10.1. The van der Waals surface area contributed by atoms with Crippen molar-refractivity contribution in [2.45, 2.75) is 6.10 Å². The van der Waals surface area contributed by atoms with Crippen molar-refractivity contribution in [3.63, 3.8) is 0 Å². The van der Waals surface area contributed by atoms with Crippen molar-refractivity contribution in [1.29, 1.82) is 0 Å². The molecule has 6 nitrogen and oxygen atoms in total. The second-order valence-electron chi connectivity index (χ2n) is 2.71. The van der Waals surface area contributed by atoms with Crippen molar-refractivity contribution in [3.8, 4) is 0 Å². The van der Waals surface area contributed by atoms with Crippen molar-refractivity contribution in [2.24, 2.45) is 0 Å². The molecule has 80 valence electrons. The smallest absolute Gasteiger partial charge is 0.337 e. The molecule has 0 aromatic heterocycles. The summed E-state index contributed by atoms with van der Waals surface area (Å²) in [4.78, 5) is 20.1. The molecule has 0 bridgehead atoms. The van der Waals surface area contributed by atoms with E-state index in [-0.39, 0.29) is 16.3 Å². The summed E-state index contributed by atoms with van der Waals surface area (Å²) in [5.74, 6) is -1.44. The SMILES string of the molecule is O=C(O)C(O)c1ccc([N+](=O)[O-])c(Cl)c1. The highest BCUT2D eigenvalue weighted by Crippen LogP contribution is 2.27. The van der Waals surface area contributed by atoms with Crippen molar-refractivity contribution in [2.75, 3.05) is 0 Å². The Morgan fingerprint density at radius 3 is 2.53 bits per heavy atom. The average molecular weight is 232 g/mol. The minimum atomic E-state index is -1.73. The minimum Gasteiger partial charge on any atom is -0.479 e. The standard InChI is InChI=1S/C8H6ClNO5/c9-5-3-4(7(11)8(12)13)1-2-6(5)10(14)15/h1-3,7,11H,(H,12,13).